The highest BCUT2D eigenvalue weighted by Gasteiger charge is 2.37. The van der Waals surface area contributed by atoms with Gasteiger partial charge in [0.05, 0.1) is 19.9 Å². The number of primary amides is 1. The van der Waals surface area contributed by atoms with Crippen LogP contribution in [0.1, 0.15) is 57.4 Å². The number of carbonyl (C=O) groups is 3. The van der Waals surface area contributed by atoms with E-state index in [4.69, 9.17) is 20.9 Å². The highest BCUT2D eigenvalue weighted by Crippen LogP contribution is 2.38. The van der Waals surface area contributed by atoms with E-state index in [9.17, 15) is 14.4 Å². The number of nitrogens with two attached hydrogens (primary N) is 2. The fourth-order valence-corrected chi connectivity index (χ4v) is 5.15. The van der Waals surface area contributed by atoms with Crippen LogP contribution < -0.4 is 31.2 Å². The number of benzene rings is 1. The van der Waals surface area contributed by atoms with Crippen LogP contribution in [0.15, 0.2) is 42.7 Å². The Bertz CT molecular complexity index is 1290. The number of amides is 3. The van der Waals surface area contributed by atoms with Crippen molar-refractivity contribution in [3.63, 3.8) is 0 Å². The molecule has 4 rings (SSSR count). The summed E-state index contributed by atoms with van der Waals surface area (Å²) in [7, 11) is 2.97. The molecule has 1 fully saturated rings. The Hall–Kier alpha value is -4.19. The Morgan fingerprint density at radius 3 is 2.35 bits per heavy atom. The van der Waals surface area contributed by atoms with Gasteiger partial charge in [-0.15, -0.1) is 0 Å². The SMILES string of the molecule is COc1ccc(N(C(=O)c2snc(C(N)=O)c2N)C(C(=O)NC2CCCC2)c2ccncc2)cc1OC. The van der Waals surface area contributed by atoms with Crippen molar-refractivity contribution in [3.05, 3.63) is 58.9 Å². The van der Waals surface area contributed by atoms with Crippen LogP contribution in [-0.4, -0.2) is 47.3 Å². The number of aromatic nitrogens is 2. The molecule has 1 aliphatic rings. The maximum absolute atomic E-state index is 14.1. The van der Waals surface area contributed by atoms with Crippen LogP contribution in [0.25, 0.3) is 0 Å². The molecule has 1 saturated carbocycles. The van der Waals surface area contributed by atoms with E-state index in [1.54, 1.807) is 42.7 Å². The summed E-state index contributed by atoms with van der Waals surface area (Å²) >= 11 is 0.743. The van der Waals surface area contributed by atoms with E-state index in [1.807, 2.05) is 0 Å². The number of methoxy groups -OCH3 is 2. The van der Waals surface area contributed by atoms with Gasteiger partial charge >= 0.3 is 0 Å². The van der Waals surface area contributed by atoms with E-state index < -0.39 is 17.9 Å². The lowest BCUT2D eigenvalue weighted by Gasteiger charge is -2.32. The van der Waals surface area contributed by atoms with Gasteiger partial charge in [-0.2, -0.15) is 4.37 Å². The van der Waals surface area contributed by atoms with Gasteiger partial charge in [0.1, 0.15) is 10.9 Å². The van der Waals surface area contributed by atoms with Gasteiger partial charge in [0, 0.05) is 30.2 Å². The Balaban J connectivity index is 1.88. The van der Waals surface area contributed by atoms with Gasteiger partial charge < -0.3 is 26.3 Å². The molecule has 1 unspecified atom stereocenters. The monoisotopic (exact) mass is 524 g/mol. The molecule has 194 valence electrons. The fourth-order valence-electron chi connectivity index (χ4n) is 4.41. The summed E-state index contributed by atoms with van der Waals surface area (Å²) < 4.78 is 14.8. The Labute approximate surface area is 217 Å². The van der Waals surface area contributed by atoms with Crippen molar-refractivity contribution in [2.75, 3.05) is 24.9 Å². The van der Waals surface area contributed by atoms with Crippen molar-refractivity contribution in [1.82, 2.24) is 14.7 Å². The smallest absolute Gasteiger partial charge is 0.273 e. The van der Waals surface area contributed by atoms with Gasteiger partial charge in [0.2, 0.25) is 5.91 Å². The molecule has 0 aliphatic heterocycles. The maximum atomic E-state index is 14.1. The highest BCUT2D eigenvalue weighted by molar-refractivity contribution is 7.09. The summed E-state index contributed by atoms with van der Waals surface area (Å²) in [6.45, 7) is 0. The lowest BCUT2D eigenvalue weighted by molar-refractivity contribution is -0.123. The number of carbonyl (C=O) groups excluding carboxylic acids is 3. The Morgan fingerprint density at radius 2 is 1.76 bits per heavy atom. The number of hydrogen-bond acceptors (Lipinski definition) is 9. The van der Waals surface area contributed by atoms with E-state index >= 15 is 0 Å². The first-order valence-electron chi connectivity index (χ1n) is 11.7. The van der Waals surface area contributed by atoms with E-state index in [0.29, 0.717) is 22.7 Å². The molecule has 0 radical (unpaired) electrons. The lowest BCUT2D eigenvalue weighted by Crippen LogP contribution is -2.46. The molecule has 1 atom stereocenters. The number of nitrogens with zero attached hydrogens (tertiary/aromatic N) is 3. The summed E-state index contributed by atoms with van der Waals surface area (Å²) in [4.78, 5) is 45.1. The standard InChI is InChI=1S/C25H28N6O5S/c1-35-17-8-7-16(13-18(17)36-2)31(25(34)22-19(26)20(23(27)32)30-37-22)21(14-9-11-28-12-10-14)24(33)29-15-5-3-4-6-15/h7-13,15,21H,3-6,26H2,1-2H3,(H2,27,32)(H,29,33). The quantitative estimate of drug-likeness (QED) is 0.385. The van der Waals surface area contributed by atoms with Crippen LogP contribution in [0, 0.1) is 0 Å². The largest absolute Gasteiger partial charge is 0.493 e. The Kier molecular flexibility index (Phi) is 7.87. The molecular formula is C25H28N6O5S. The van der Waals surface area contributed by atoms with Crippen molar-refractivity contribution < 1.29 is 23.9 Å². The third-order valence-electron chi connectivity index (χ3n) is 6.25. The minimum Gasteiger partial charge on any atom is -0.493 e. The average Bonchev–Trinajstić information content (AvgIpc) is 3.56. The van der Waals surface area contributed by atoms with Crippen LogP contribution in [-0.2, 0) is 4.79 Å². The van der Waals surface area contributed by atoms with Crippen molar-refractivity contribution >= 4 is 40.6 Å². The van der Waals surface area contributed by atoms with Gasteiger partial charge in [0.25, 0.3) is 11.8 Å². The molecule has 3 amide bonds. The third kappa shape index (κ3) is 5.33. The summed E-state index contributed by atoms with van der Waals surface area (Å²) in [5, 5.41) is 3.10. The number of pyridine rings is 1. The minimum absolute atomic E-state index is 0.00845. The molecule has 5 N–H and O–H groups in total. The lowest BCUT2D eigenvalue weighted by atomic mass is 10.0. The summed E-state index contributed by atoms with van der Waals surface area (Å²) in [5.74, 6) is -1.03. The number of ether oxygens (including phenoxy) is 2. The van der Waals surface area contributed by atoms with Gasteiger partial charge in [-0.25, -0.2) is 0 Å². The van der Waals surface area contributed by atoms with Crippen molar-refractivity contribution in [2.45, 2.75) is 37.8 Å². The average molecular weight is 525 g/mol. The number of hydrogen-bond donors (Lipinski definition) is 3. The third-order valence-corrected chi connectivity index (χ3v) is 7.10. The minimum atomic E-state index is -1.09. The first kappa shape index (κ1) is 25.9. The first-order valence-corrected chi connectivity index (χ1v) is 12.4. The molecule has 0 spiro atoms. The molecule has 3 aromatic rings. The second kappa shape index (κ2) is 11.2. The molecule has 11 nitrogen and oxygen atoms in total. The zero-order chi connectivity index (χ0) is 26.5. The van der Waals surface area contributed by atoms with Gasteiger partial charge in [-0.1, -0.05) is 12.8 Å². The summed E-state index contributed by atoms with van der Waals surface area (Å²) in [6.07, 6.45) is 6.88. The van der Waals surface area contributed by atoms with Crippen molar-refractivity contribution in [2.24, 2.45) is 5.73 Å². The van der Waals surface area contributed by atoms with Crippen LogP contribution in [0.3, 0.4) is 0 Å². The highest BCUT2D eigenvalue weighted by atomic mass is 32.1. The van der Waals surface area contributed by atoms with Crippen molar-refractivity contribution in [3.8, 4) is 11.5 Å². The molecule has 1 aromatic carbocycles. The number of nitrogens with one attached hydrogen (secondary N) is 1. The second-order valence-corrected chi connectivity index (χ2v) is 9.30. The molecule has 0 bridgehead atoms. The van der Waals surface area contributed by atoms with Gasteiger partial charge in [-0.3, -0.25) is 24.3 Å². The van der Waals surface area contributed by atoms with E-state index in [-0.39, 0.29) is 28.2 Å². The Morgan fingerprint density at radius 1 is 1.08 bits per heavy atom. The zero-order valence-electron chi connectivity index (χ0n) is 20.5. The predicted octanol–water partition coefficient (Wildman–Crippen LogP) is 2.68. The predicted molar refractivity (Wildman–Crippen MR) is 139 cm³/mol. The van der Waals surface area contributed by atoms with E-state index in [2.05, 4.69) is 14.7 Å². The molecule has 2 aromatic heterocycles. The van der Waals surface area contributed by atoms with Crippen LogP contribution >= 0.6 is 11.5 Å². The molecule has 12 heteroatoms. The molecule has 37 heavy (non-hydrogen) atoms. The topological polar surface area (TPSA) is 163 Å². The van der Waals surface area contributed by atoms with Crippen LogP contribution in [0.2, 0.25) is 0 Å². The molecule has 1 aliphatic carbocycles. The van der Waals surface area contributed by atoms with Gasteiger partial charge in [0.15, 0.2) is 17.2 Å². The molecule has 0 saturated heterocycles. The molecular weight excluding hydrogens is 496 g/mol. The number of anilines is 2. The van der Waals surface area contributed by atoms with Crippen LogP contribution in [0.4, 0.5) is 11.4 Å². The van der Waals surface area contributed by atoms with E-state index in [0.717, 1.165) is 37.2 Å². The first-order chi connectivity index (χ1) is 17.8. The van der Waals surface area contributed by atoms with Gasteiger partial charge in [-0.05, 0) is 54.2 Å². The summed E-state index contributed by atoms with van der Waals surface area (Å²) in [6, 6.07) is 7.14. The molecule has 2 heterocycles. The normalized spacial score (nSPS) is 14.1. The maximum Gasteiger partial charge on any atom is 0.273 e. The van der Waals surface area contributed by atoms with Crippen LogP contribution in [0.5, 0.6) is 11.5 Å². The second-order valence-electron chi connectivity index (χ2n) is 8.53. The fraction of sp³-hybridized carbons (Fsp3) is 0.320. The number of rotatable bonds is 9. The summed E-state index contributed by atoms with van der Waals surface area (Å²) in [5.41, 5.74) is 12.0. The zero-order valence-corrected chi connectivity index (χ0v) is 21.3. The van der Waals surface area contributed by atoms with Crippen molar-refractivity contribution in [1.29, 1.82) is 0 Å². The van der Waals surface area contributed by atoms with E-state index in [1.165, 1.54) is 19.1 Å². The number of nitrogen functional groups attached to an aromatic ring is 1.